The number of anilines is 1. The molecule has 1 aliphatic rings. The van der Waals surface area contributed by atoms with Crippen molar-refractivity contribution < 1.29 is 14.3 Å². The summed E-state index contributed by atoms with van der Waals surface area (Å²) >= 11 is 0. The Kier molecular flexibility index (Phi) is 5.77. The van der Waals surface area contributed by atoms with Gasteiger partial charge in [0.25, 0.3) is 5.91 Å². The Morgan fingerprint density at radius 2 is 2.00 bits per heavy atom. The van der Waals surface area contributed by atoms with E-state index in [0.717, 1.165) is 25.9 Å². The van der Waals surface area contributed by atoms with Gasteiger partial charge in [0.1, 0.15) is 5.75 Å². The van der Waals surface area contributed by atoms with Gasteiger partial charge in [-0.3, -0.25) is 9.59 Å². The van der Waals surface area contributed by atoms with E-state index in [0.29, 0.717) is 23.6 Å². The van der Waals surface area contributed by atoms with E-state index in [1.807, 2.05) is 11.8 Å². The van der Waals surface area contributed by atoms with Gasteiger partial charge in [-0.2, -0.15) is 0 Å². The molecular weight excluding hydrogens is 282 g/mol. The molecule has 0 aliphatic carbocycles. The highest BCUT2D eigenvalue weighted by Crippen LogP contribution is 2.27. The Balaban J connectivity index is 2.22. The summed E-state index contributed by atoms with van der Waals surface area (Å²) in [7, 11) is 0. The van der Waals surface area contributed by atoms with Crippen LogP contribution in [0.2, 0.25) is 0 Å². The van der Waals surface area contributed by atoms with Crippen LogP contribution < -0.4 is 15.8 Å². The zero-order chi connectivity index (χ0) is 15.9. The van der Waals surface area contributed by atoms with Gasteiger partial charge in [-0.1, -0.05) is 0 Å². The fourth-order valence-electron chi connectivity index (χ4n) is 2.52. The van der Waals surface area contributed by atoms with Crippen molar-refractivity contribution in [3.8, 4) is 5.75 Å². The predicted molar refractivity (Wildman–Crippen MR) is 85.0 cm³/mol. The van der Waals surface area contributed by atoms with E-state index in [1.165, 1.54) is 6.42 Å². The number of carbonyl (C=O) groups is 2. The summed E-state index contributed by atoms with van der Waals surface area (Å²) in [5.74, 6) is 0.217. The number of carbonyl (C=O) groups excluding carboxylic acids is 2. The number of hydrogen-bond donors (Lipinski definition) is 2. The number of nitrogens with zero attached hydrogens (tertiary/aromatic N) is 1. The number of nitrogens with one attached hydrogen (secondary N) is 1. The molecule has 0 unspecified atom stereocenters. The third kappa shape index (κ3) is 3.98. The average Bonchev–Trinajstić information content (AvgIpc) is 2.56. The Morgan fingerprint density at radius 1 is 1.27 bits per heavy atom. The van der Waals surface area contributed by atoms with E-state index in [1.54, 1.807) is 18.2 Å². The molecule has 22 heavy (non-hydrogen) atoms. The molecule has 1 saturated heterocycles. The summed E-state index contributed by atoms with van der Waals surface area (Å²) in [4.78, 5) is 25.9. The highest BCUT2D eigenvalue weighted by molar-refractivity contribution is 5.98. The molecule has 6 heteroatoms. The molecule has 6 nitrogen and oxygen atoms in total. The number of hydrogen-bond acceptors (Lipinski definition) is 4. The molecule has 2 amide bonds. The van der Waals surface area contributed by atoms with E-state index in [-0.39, 0.29) is 18.4 Å². The fourth-order valence-corrected chi connectivity index (χ4v) is 2.52. The van der Waals surface area contributed by atoms with Crippen molar-refractivity contribution in [1.29, 1.82) is 0 Å². The summed E-state index contributed by atoms with van der Waals surface area (Å²) in [5.41, 5.74) is 6.37. The minimum absolute atomic E-state index is 0.00834. The van der Waals surface area contributed by atoms with Gasteiger partial charge < -0.3 is 20.7 Å². The second-order valence-corrected chi connectivity index (χ2v) is 5.25. The lowest BCUT2D eigenvalue weighted by molar-refractivity contribution is -0.114. The van der Waals surface area contributed by atoms with Crippen LogP contribution in [0.5, 0.6) is 5.75 Å². The minimum Gasteiger partial charge on any atom is -0.492 e. The summed E-state index contributed by atoms with van der Waals surface area (Å²) in [6, 6.07) is 5.11. The van der Waals surface area contributed by atoms with Gasteiger partial charge in [-0.15, -0.1) is 0 Å². The molecule has 1 aliphatic heterocycles. The van der Waals surface area contributed by atoms with Gasteiger partial charge in [-0.05, 0) is 44.4 Å². The van der Waals surface area contributed by atoms with Crippen LogP contribution in [0.25, 0.3) is 0 Å². The molecule has 2 rings (SSSR count). The number of amides is 2. The maximum Gasteiger partial charge on any atom is 0.253 e. The molecule has 3 N–H and O–H groups in total. The lowest BCUT2D eigenvalue weighted by Gasteiger charge is -2.27. The molecular formula is C16H23N3O3. The molecule has 0 radical (unpaired) electrons. The third-order valence-electron chi connectivity index (χ3n) is 3.63. The molecule has 0 bridgehead atoms. The van der Waals surface area contributed by atoms with Crippen molar-refractivity contribution in [1.82, 2.24) is 4.90 Å². The topological polar surface area (TPSA) is 84.7 Å². The van der Waals surface area contributed by atoms with Crippen molar-refractivity contribution >= 4 is 17.5 Å². The van der Waals surface area contributed by atoms with Crippen molar-refractivity contribution in [3.05, 3.63) is 23.8 Å². The number of nitrogens with two attached hydrogens (primary N) is 1. The smallest absolute Gasteiger partial charge is 0.253 e. The first-order chi connectivity index (χ1) is 10.7. The van der Waals surface area contributed by atoms with Gasteiger partial charge in [0, 0.05) is 18.7 Å². The highest BCUT2D eigenvalue weighted by atomic mass is 16.5. The summed E-state index contributed by atoms with van der Waals surface area (Å²) in [6.45, 7) is 3.80. The first kappa shape index (κ1) is 16.3. The second-order valence-electron chi connectivity index (χ2n) is 5.25. The first-order valence-corrected chi connectivity index (χ1v) is 7.71. The van der Waals surface area contributed by atoms with E-state index in [4.69, 9.17) is 10.5 Å². The molecule has 0 aromatic heterocycles. The quantitative estimate of drug-likeness (QED) is 0.865. The standard InChI is InChI=1S/C16H23N3O3/c1-2-22-14-7-6-12(10-13(14)18-15(20)11-17)16(21)19-8-4-3-5-9-19/h6-7,10H,2-5,8-9,11,17H2,1H3,(H,18,20). The average molecular weight is 305 g/mol. The van der Waals surface area contributed by atoms with Gasteiger partial charge in [0.05, 0.1) is 18.8 Å². The third-order valence-corrected chi connectivity index (χ3v) is 3.63. The minimum atomic E-state index is -0.316. The van der Waals surface area contributed by atoms with Crippen molar-refractivity contribution in [2.75, 3.05) is 31.6 Å². The van der Waals surface area contributed by atoms with Crippen LogP contribution in [0.4, 0.5) is 5.69 Å². The fraction of sp³-hybridized carbons (Fsp3) is 0.500. The lowest BCUT2D eigenvalue weighted by Crippen LogP contribution is -2.35. The SMILES string of the molecule is CCOc1ccc(C(=O)N2CCCCC2)cc1NC(=O)CN. The Labute approximate surface area is 130 Å². The van der Waals surface area contributed by atoms with Gasteiger partial charge in [-0.25, -0.2) is 0 Å². The number of likely N-dealkylation sites (tertiary alicyclic amines) is 1. The molecule has 0 spiro atoms. The van der Waals surface area contributed by atoms with Gasteiger partial charge >= 0.3 is 0 Å². The Morgan fingerprint density at radius 3 is 2.64 bits per heavy atom. The van der Waals surface area contributed by atoms with Crippen LogP contribution in [0, 0.1) is 0 Å². The second kappa shape index (κ2) is 7.79. The monoisotopic (exact) mass is 305 g/mol. The number of ether oxygens (including phenoxy) is 1. The molecule has 1 aromatic rings. The summed E-state index contributed by atoms with van der Waals surface area (Å²) in [6.07, 6.45) is 3.25. The molecule has 1 fully saturated rings. The number of benzene rings is 1. The van der Waals surface area contributed by atoms with Crippen LogP contribution in [-0.4, -0.2) is 43.0 Å². The molecule has 1 heterocycles. The van der Waals surface area contributed by atoms with Crippen LogP contribution in [-0.2, 0) is 4.79 Å². The predicted octanol–water partition coefficient (Wildman–Crippen LogP) is 1.61. The van der Waals surface area contributed by atoms with Crippen LogP contribution in [0.15, 0.2) is 18.2 Å². The largest absolute Gasteiger partial charge is 0.492 e. The zero-order valence-corrected chi connectivity index (χ0v) is 12.9. The van der Waals surface area contributed by atoms with E-state index >= 15 is 0 Å². The van der Waals surface area contributed by atoms with Crippen LogP contribution in [0.3, 0.4) is 0 Å². The Bertz CT molecular complexity index is 539. The molecule has 120 valence electrons. The van der Waals surface area contributed by atoms with Gasteiger partial charge in [0.15, 0.2) is 0 Å². The van der Waals surface area contributed by atoms with E-state index in [9.17, 15) is 9.59 Å². The number of rotatable bonds is 5. The van der Waals surface area contributed by atoms with Crippen LogP contribution >= 0.6 is 0 Å². The van der Waals surface area contributed by atoms with Crippen molar-refractivity contribution in [2.24, 2.45) is 5.73 Å². The van der Waals surface area contributed by atoms with Crippen molar-refractivity contribution in [3.63, 3.8) is 0 Å². The highest BCUT2D eigenvalue weighted by Gasteiger charge is 2.19. The molecule has 0 atom stereocenters. The van der Waals surface area contributed by atoms with E-state index in [2.05, 4.69) is 5.32 Å². The maximum absolute atomic E-state index is 12.5. The lowest BCUT2D eigenvalue weighted by atomic mass is 10.1. The normalized spacial score (nSPS) is 14.5. The summed E-state index contributed by atoms with van der Waals surface area (Å²) in [5, 5.41) is 2.68. The van der Waals surface area contributed by atoms with E-state index < -0.39 is 0 Å². The molecule has 1 aromatic carbocycles. The Hall–Kier alpha value is -2.08. The maximum atomic E-state index is 12.5. The van der Waals surface area contributed by atoms with Gasteiger partial charge in [0.2, 0.25) is 5.91 Å². The first-order valence-electron chi connectivity index (χ1n) is 7.71. The molecule has 0 saturated carbocycles. The number of piperidine rings is 1. The summed E-state index contributed by atoms with van der Waals surface area (Å²) < 4.78 is 5.48. The van der Waals surface area contributed by atoms with Crippen molar-refractivity contribution in [2.45, 2.75) is 26.2 Å². The van der Waals surface area contributed by atoms with Crippen LogP contribution in [0.1, 0.15) is 36.5 Å². The zero-order valence-electron chi connectivity index (χ0n) is 12.9.